The molecule has 2 aromatic carbocycles. The Balaban J connectivity index is 0.861. The third-order valence-electron chi connectivity index (χ3n) is 11.4. The Morgan fingerprint density at radius 1 is 1.02 bits per heavy atom. The van der Waals surface area contributed by atoms with E-state index in [0.717, 1.165) is 29.7 Å². The number of aryl methyl sites for hydroxylation is 1. The van der Waals surface area contributed by atoms with Crippen LogP contribution in [0, 0.1) is 5.92 Å². The van der Waals surface area contributed by atoms with Crippen molar-refractivity contribution in [3.8, 4) is 22.6 Å². The Bertz CT molecular complexity index is 2180. The molecule has 4 aliphatic rings. The topological polar surface area (TPSA) is 199 Å². The zero-order chi connectivity index (χ0) is 41.8. The maximum absolute atomic E-state index is 13.6. The highest BCUT2D eigenvalue weighted by Crippen LogP contribution is 2.54. The summed E-state index contributed by atoms with van der Waals surface area (Å²) in [4.78, 5) is 72.4. The number of methoxy groups -OCH3 is 1. The third kappa shape index (κ3) is 8.82. The lowest BCUT2D eigenvalue weighted by Gasteiger charge is -2.32. The van der Waals surface area contributed by atoms with Gasteiger partial charge in [0.1, 0.15) is 17.3 Å². The molecule has 5 N–H and O–H groups in total. The molecule has 7 rings (SSSR count). The summed E-state index contributed by atoms with van der Waals surface area (Å²) in [6.45, 7) is 3.05. The normalized spacial score (nSPS) is 20.6. The van der Waals surface area contributed by atoms with Gasteiger partial charge in [0.15, 0.2) is 11.5 Å². The number of aliphatic imine (C=N–C) groups is 1. The van der Waals surface area contributed by atoms with E-state index in [1.54, 1.807) is 36.7 Å². The number of allylic oxidation sites excluding steroid dienone is 1. The van der Waals surface area contributed by atoms with Gasteiger partial charge >= 0.3 is 5.97 Å². The average molecular weight is 809 g/mol. The highest BCUT2D eigenvalue weighted by Gasteiger charge is 2.64. The Hall–Kier alpha value is -6.16. The van der Waals surface area contributed by atoms with Crippen LogP contribution in [0.5, 0.6) is 11.5 Å². The molecule has 1 aliphatic carbocycles. The quantitative estimate of drug-likeness (QED) is 0.122. The van der Waals surface area contributed by atoms with Crippen LogP contribution in [0.3, 0.4) is 0 Å². The molecule has 59 heavy (non-hydrogen) atoms. The lowest BCUT2D eigenvalue weighted by Crippen LogP contribution is -2.46. The molecule has 16 nitrogen and oxygen atoms in total. The zero-order valence-corrected chi connectivity index (χ0v) is 33.9. The molecule has 1 aromatic heterocycles. The number of aromatic nitrogens is 1. The Labute approximate surface area is 343 Å². The van der Waals surface area contributed by atoms with Crippen molar-refractivity contribution >= 4 is 47.2 Å². The molecule has 1 saturated heterocycles. The van der Waals surface area contributed by atoms with Crippen LogP contribution < -0.4 is 31.2 Å². The van der Waals surface area contributed by atoms with E-state index >= 15 is 0 Å². The van der Waals surface area contributed by atoms with E-state index in [1.165, 1.54) is 7.11 Å². The predicted octanol–water partition coefficient (Wildman–Crippen LogP) is 3.88. The first-order valence-corrected chi connectivity index (χ1v) is 20.1. The van der Waals surface area contributed by atoms with Crippen LogP contribution in [0.25, 0.3) is 11.1 Å². The molecule has 0 spiro atoms. The second kappa shape index (κ2) is 17.4. The zero-order valence-electron chi connectivity index (χ0n) is 33.9. The van der Waals surface area contributed by atoms with Gasteiger partial charge < -0.3 is 50.3 Å². The number of ether oxygens (including phenoxy) is 3. The van der Waals surface area contributed by atoms with Crippen LogP contribution in [0.15, 0.2) is 65.6 Å². The molecule has 1 saturated carbocycles. The molecule has 312 valence electrons. The summed E-state index contributed by atoms with van der Waals surface area (Å²) < 4.78 is 18.3. The van der Waals surface area contributed by atoms with E-state index in [1.807, 2.05) is 59.7 Å². The highest BCUT2D eigenvalue weighted by atomic mass is 16.5. The summed E-state index contributed by atoms with van der Waals surface area (Å²) in [5, 5.41) is 8.94. The second-order valence-corrected chi connectivity index (χ2v) is 15.6. The lowest BCUT2D eigenvalue weighted by atomic mass is 10.0. The first-order chi connectivity index (χ1) is 28.4. The number of hydrogen-bond acceptors (Lipinski definition) is 11. The molecule has 0 bridgehead atoms. The fourth-order valence-electron chi connectivity index (χ4n) is 8.06. The van der Waals surface area contributed by atoms with Crippen molar-refractivity contribution in [2.75, 3.05) is 45.8 Å². The molecule has 3 aliphatic heterocycles. The van der Waals surface area contributed by atoms with Crippen molar-refractivity contribution in [1.82, 2.24) is 25.0 Å². The predicted molar refractivity (Wildman–Crippen MR) is 220 cm³/mol. The standard InChI is InChI=1S/C43H52N8O8/c1-26(44)41(55)59-17-7-14-45-39(53)35-18-28(24-49(35)2)27-10-12-30(13-11-27)48-42(56)43-22-29(43)19-31(25-50(43)3)47-38(52)9-6-16-58-37-21-34-33(20-36(37)57-4)40(54)51-15-5-8-32(51)23-46-34/h10-13,18,20-21,23-26,29,32H,5-9,14-17,19,22,44H2,1-4H3,(H,45,53)(H,47,52)(H,48,56)/t26-,29?,32-,43?/m0/s1. The van der Waals surface area contributed by atoms with E-state index in [2.05, 4.69) is 20.9 Å². The number of benzene rings is 2. The number of rotatable bonds is 16. The van der Waals surface area contributed by atoms with Gasteiger partial charge in [0.2, 0.25) is 5.91 Å². The van der Waals surface area contributed by atoms with Gasteiger partial charge in [-0.3, -0.25) is 29.0 Å². The summed E-state index contributed by atoms with van der Waals surface area (Å²) in [5.74, 6) is -0.0556. The molecular formula is C43H52N8O8. The molecule has 4 atom stereocenters. The van der Waals surface area contributed by atoms with E-state index in [0.29, 0.717) is 72.9 Å². The van der Waals surface area contributed by atoms with Crippen LogP contribution >= 0.6 is 0 Å². The monoisotopic (exact) mass is 808 g/mol. The second-order valence-electron chi connectivity index (χ2n) is 15.6. The first kappa shape index (κ1) is 41.0. The lowest BCUT2D eigenvalue weighted by molar-refractivity contribution is -0.144. The summed E-state index contributed by atoms with van der Waals surface area (Å²) in [6.07, 6.45) is 9.80. The van der Waals surface area contributed by atoms with Gasteiger partial charge in [-0.05, 0) is 81.2 Å². The summed E-state index contributed by atoms with van der Waals surface area (Å²) in [7, 11) is 5.18. The number of carbonyl (C=O) groups is 5. The van der Waals surface area contributed by atoms with E-state index in [9.17, 15) is 24.0 Å². The van der Waals surface area contributed by atoms with Gasteiger partial charge in [0.05, 0.1) is 37.6 Å². The van der Waals surface area contributed by atoms with Crippen molar-refractivity contribution in [3.63, 3.8) is 0 Å². The number of esters is 1. The Morgan fingerprint density at radius 2 is 1.81 bits per heavy atom. The van der Waals surface area contributed by atoms with Gasteiger partial charge in [-0.1, -0.05) is 12.1 Å². The number of nitrogens with two attached hydrogens (primary N) is 1. The number of likely N-dealkylation sites (N-methyl/N-ethyl adjacent to an activating group) is 1. The van der Waals surface area contributed by atoms with Crippen LogP contribution in [0.1, 0.15) is 72.7 Å². The molecule has 16 heteroatoms. The van der Waals surface area contributed by atoms with Gasteiger partial charge in [-0.25, -0.2) is 0 Å². The molecule has 0 radical (unpaired) electrons. The Kier molecular flexibility index (Phi) is 12.1. The van der Waals surface area contributed by atoms with Gasteiger partial charge in [0, 0.05) is 75.2 Å². The number of nitrogens with zero attached hydrogens (tertiary/aromatic N) is 4. The van der Waals surface area contributed by atoms with Crippen LogP contribution in [-0.2, 0) is 26.2 Å². The number of hydrogen-bond donors (Lipinski definition) is 4. The maximum Gasteiger partial charge on any atom is 0.322 e. The van der Waals surface area contributed by atoms with Crippen LogP contribution in [-0.4, -0.2) is 108 Å². The van der Waals surface area contributed by atoms with Crippen LogP contribution in [0.2, 0.25) is 0 Å². The molecule has 3 aromatic rings. The van der Waals surface area contributed by atoms with E-state index < -0.39 is 17.6 Å². The van der Waals surface area contributed by atoms with Crippen molar-refractivity contribution in [2.45, 2.75) is 69.5 Å². The number of carbonyl (C=O) groups excluding carboxylic acids is 5. The van der Waals surface area contributed by atoms with Crippen LogP contribution in [0.4, 0.5) is 11.4 Å². The molecule has 4 amide bonds. The minimum absolute atomic E-state index is 0.00701. The summed E-state index contributed by atoms with van der Waals surface area (Å²) in [5.41, 5.74) is 9.47. The highest BCUT2D eigenvalue weighted by molar-refractivity contribution is 6.04. The smallest absolute Gasteiger partial charge is 0.322 e. The molecule has 2 fully saturated rings. The van der Waals surface area contributed by atoms with Crippen molar-refractivity contribution < 1.29 is 38.2 Å². The van der Waals surface area contributed by atoms with Crippen molar-refractivity contribution in [3.05, 3.63) is 71.8 Å². The minimum Gasteiger partial charge on any atom is -0.493 e. The molecule has 2 unspecified atom stereocenters. The van der Waals surface area contributed by atoms with Gasteiger partial charge in [-0.2, -0.15) is 0 Å². The molecule has 4 heterocycles. The SMILES string of the molecule is COc1cc2c(cc1OCCCC(=O)NC1=CN(C)C3(C(=O)Nc4ccc(-c5cc(C(=O)NCCCOC(=O)[C@H](C)N)n(C)c5)cc4)CC3C1)N=C[C@@H]1CCCN1C2=O. The summed E-state index contributed by atoms with van der Waals surface area (Å²) >= 11 is 0. The number of anilines is 1. The largest absolute Gasteiger partial charge is 0.493 e. The number of fused-ring (bicyclic) bond motifs is 3. The maximum atomic E-state index is 13.6. The van der Waals surface area contributed by atoms with Gasteiger partial charge in [0.25, 0.3) is 17.7 Å². The number of nitrogens with one attached hydrogen (secondary N) is 3. The summed E-state index contributed by atoms with van der Waals surface area (Å²) in [6, 6.07) is 12.0. The van der Waals surface area contributed by atoms with Gasteiger partial charge in [-0.15, -0.1) is 0 Å². The van der Waals surface area contributed by atoms with E-state index in [-0.39, 0.29) is 55.2 Å². The first-order valence-electron chi connectivity index (χ1n) is 20.1. The van der Waals surface area contributed by atoms with Crippen molar-refractivity contribution in [1.29, 1.82) is 0 Å². The Morgan fingerprint density at radius 3 is 2.56 bits per heavy atom. The van der Waals surface area contributed by atoms with E-state index in [4.69, 9.17) is 19.9 Å². The fraction of sp³-hybridized carbons (Fsp3) is 0.442. The minimum atomic E-state index is -0.690. The van der Waals surface area contributed by atoms with Crippen molar-refractivity contribution in [2.24, 2.45) is 23.7 Å². The average Bonchev–Trinajstić information content (AvgIpc) is 3.61. The molecular weight excluding hydrogens is 757 g/mol. The number of amides is 4. The third-order valence-corrected chi connectivity index (χ3v) is 11.4. The fourth-order valence-corrected chi connectivity index (χ4v) is 8.06.